The van der Waals surface area contributed by atoms with Crippen molar-refractivity contribution in [2.75, 3.05) is 12.3 Å². The van der Waals surface area contributed by atoms with Crippen LogP contribution in [0.3, 0.4) is 0 Å². The largest absolute Gasteiger partial charge is 0.481 e. The van der Waals surface area contributed by atoms with Gasteiger partial charge in [-0.3, -0.25) is 4.79 Å². The summed E-state index contributed by atoms with van der Waals surface area (Å²) in [5, 5.41) is 3.68. The molecule has 1 atom stereocenters. The van der Waals surface area contributed by atoms with E-state index in [-0.39, 0.29) is 5.91 Å². The predicted molar refractivity (Wildman–Crippen MR) is 107 cm³/mol. The summed E-state index contributed by atoms with van der Waals surface area (Å²) in [5.74, 6) is 2.39. The van der Waals surface area contributed by atoms with Crippen LogP contribution in [0.25, 0.3) is 0 Å². The molecule has 2 rings (SSSR count). The van der Waals surface area contributed by atoms with Crippen molar-refractivity contribution in [3.63, 3.8) is 0 Å². The van der Waals surface area contributed by atoms with E-state index in [0.29, 0.717) is 6.54 Å². The molecular weight excluding hydrogens is 354 g/mol. The molecular formula is C20H24ClNO2S. The van der Waals surface area contributed by atoms with Crippen LogP contribution in [0.15, 0.2) is 42.5 Å². The molecule has 0 saturated carbocycles. The number of thioether (sulfide) groups is 1. The average molecular weight is 378 g/mol. The second-order valence-electron chi connectivity index (χ2n) is 5.93. The molecule has 3 nitrogen and oxygen atoms in total. The number of halogens is 1. The summed E-state index contributed by atoms with van der Waals surface area (Å²) in [4.78, 5) is 12.2. The number of hydrogen-bond acceptors (Lipinski definition) is 3. The van der Waals surface area contributed by atoms with Gasteiger partial charge < -0.3 is 10.1 Å². The van der Waals surface area contributed by atoms with Gasteiger partial charge in [0.1, 0.15) is 5.75 Å². The molecule has 25 heavy (non-hydrogen) atoms. The van der Waals surface area contributed by atoms with Gasteiger partial charge in [-0.1, -0.05) is 35.9 Å². The number of hydrogen-bond donors (Lipinski definition) is 1. The van der Waals surface area contributed by atoms with Crippen LogP contribution in [0.5, 0.6) is 5.75 Å². The lowest BCUT2D eigenvalue weighted by Crippen LogP contribution is -2.37. The summed E-state index contributed by atoms with van der Waals surface area (Å²) in [6.45, 7) is 6.42. The van der Waals surface area contributed by atoms with Crippen molar-refractivity contribution in [2.24, 2.45) is 0 Å². The first kappa shape index (κ1) is 19.7. The van der Waals surface area contributed by atoms with Crippen molar-refractivity contribution in [1.82, 2.24) is 5.32 Å². The third kappa shape index (κ3) is 6.29. The lowest BCUT2D eigenvalue weighted by molar-refractivity contribution is -0.127. The second kappa shape index (κ2) is 9.73. The van der Waals surface area contributed by atoms with Crippen molar-refractivity contribution in [2.45, 2.75) is 32.6 Å². The van der Waals surface area contributed by atoms with E-state index in [1.54, 1.807) is 18.7 Å². The van der Waals surface area contributed by atoms with Crippen LogP contribution in [-0.2, 0) is 10.5 Å². The van der Waals surface area contributed by atoms with Gasteiger partial charge in [0.15, 0.2) is 6.10 Å². The zero-order valence-corrected chi connectivity index (χ0v) is 16.4. The predicted octanol–water partition coefficient (Wildman–Crippen LogP) is 4.77. The first-order valence-corrected chi connectivity index (χ1v) is 9.83. The molecule has 0 unspecified atom stereocenters. The average Bonchev–Trinajstić information content (AvgIpc) is 2.58. The van der Waals surface area contributed by atoms with E-state index in [0.717, 1.165) is 33.4 Å². The maximum Gasteiger partial charge on any atom is 0.260 e. The number of aryl methyl sites for hydroxylation is 1. The van der Waals surface area contributed by atoms with Crippen LogP contribution >= 0.6 is 23.4 Å². The van der Waals surface area contributed by atoms with E-state index in [4.69, 9.17) is 16.3 Å². The van der Waals surface area contributed by atoms with E-state index in [9.17, 15) is 4.79 Å². The number of ether oxygens (including phenoxy) is 1. The number of amides is 1. The van der Waals surface area contributed by atoms with E-state index in [1.165, 1.54) is 5.56 Å². The SMILES string of the molecule is Cc1cccc(O[C@@H](C)C(=O)NCCSCc2cccc(Cl)c2)c1C. The van der Waals surface area contributed by atoms with Crippen molar-refractivity contribution >= 4 is 29.3 Å². The quantitative estimate of drug-likeness (QED) is 0.673. The first-order chi connectivity index (χ1) is 12.0. The molecule has 0 saturated heterocycles. The van der Waals surface area contributed by atoms with Gasteiger partial charge in [0.25, 0.3) is 5.91 Å². The van der Waals surface area contributed by atoms with Crippen molar-refractivity contribution in [3.05, 3.63) is 64.2 Å². The monoisotopic (exact) mass is 377 g/mol. The molecule has 5 heteroatoms. The highest BCUT2D eigenvalue weighted by Crippen LogP contribution is 2.21. The Hall–Kier alpha value is -1.65. The minimum atomic E-state index is -0.515. The minimum Gasteiger partial charge on any atom is -0.481 e. The van der Waals surface area contributed by atoms with E-state index >= 15 is 0 Å². The topological polar surface area (TPSA) is 38.3 Å². The molecule has 0 aromatic heterocycles. The van der Waals surface area contributed by atoms with Gasteiger partial charge in [0.2, 0.25) is 0 Å². The molecule has 2 aromatic rings. The molecule has 1 N–H and O–H groups in total. The van der Waals surface area contributed by atoms with Gasteiger partial charge in [0.05, 0.1) is 0 Å². The van der Waals surface area contributed by atoms with Crippen LogP contribution in [0.1, 0.15) is 23.6 Å². The summed E-state index contributed by atoms with van der Waals surface area (Å²) in [6.07, 6.45) is -0.515. The molecule has 0 spiro atoms. The zero-order valence-electron chi connectivity index (χ0n) is 14.8. The number of carbonyl (C=O) groups is 1. The fourth-order valence-electron chi connectivity index (χ4n) is 2.30. The highest BCUT2D eigenvalue weighted by atomic mass is 35.5. The second-order valence-corrected chi connectivity index (χ2v) is 7.47. The van der Waals surface area contributed by atoms with Crippen molar-refractivity contribution in [3.8, 4) is 5.75 Å². The summed E-state index contributed by atoms with van der Waals surface area (Å²) >= 11 is 7.73. The van der Waals surface area contributed by atoms with Gasteiger partial charge in [-0.25, -0.2) is 0 Å². The van der Waals surface area contributed by atoms with E-state index in [1.807, 2.05) is 50.2 Å². The van der Waals surface area contributed by atoms with Crippen LogP contribution in [0.4, 0.5) is 0 Å². The van der Waals surface area contributed by atoms with Crippen LogP contribution in [-0.4, -0.2) is 24.3 Å². The summed E-state index contributed by atoms with van der Waals surface area (Å²) in [6, 6.07) is 13.7. The Morgan fingerprint density at radius 1 is 1.24 bits per heavy atom. The lowest BCUT2D eigenvalue weighted by Gasteiger charge is -2.17. The van der Waals surface area contributed by atoms with Crippen molar-refractivity contribution < 1.29 is 9.53 Å². The molecule has 0 aliphatic heterocycles. The Morgan fingerprint density at radius 3 is 2.76 bits per heavy atom. The molecule has 134 valence electrons. The molecule has 2 aromatic carbocycles. The lowest BCUT2D eigenvalue weighted by atomic mass is 10.1. The van der Waals surface area contributed by atoms with Gasteiger partial charge >= 0.3 is 0 Å². The van der Waals surface area contributed by atoms with Crippen LogP contribution in [0, 0.1) is 13.8 Å². The molecule has 0 heterocycles. The van der Waals surface area contributed by atoms with Gasteiger partial charge in [-0.05, 0) is 55.7 Å². The van der Waals surface area contributed by atoms with Gasteiger partial charge in [-0.15, -0.1) is 0 Å². The third-order valence-corrected chi connectivity index (χ3v) is 5.20. The van der Waals surface area contributed by atoms with Crippen LogP contribution < -0.4 is 10.1 Å². The van der Waals surface area contributed by atoms with Crippen LogP contribution in [0.2, 0.25) is 5.02 Å². The Morgan fingerprint density at radius 2 is 2.00 bits per heavy atom. The molecule has 0 fully saturated rings. The molecule has 0 aliphatic rings. The summed E-state index contributed by atoms with van der Waals surface area (Å²) < 4.78 is 5.79. The Labute approximate surface area is 159 Å². The summed E-state index contributed by atoms with van der Waals surface area (Å²) in [7, 11) is 0. The molecule has 0 radical (unpaired) electrons. The fraction of sp³-hybridized carbons (Fsp3) is 0.350. The molecule has 0 bridgehead atoms. The Balaban J connectivity index is 1.70. The van der Waals surface area contributed by atoms with E-state index < -0.39 is 6.10 Å². The molecule has 1 amide bonds. The number of nitrogens with one attached hydrogen (secondary N) is 1. The standard InChI is InChI=1S/C20H24ClNO2S/c1-14-6-4-9-19(15(14)2)24-16(3)20(23)22-10-11-25-13-17-7-5-8-18(21)12-17/h4-9,12,16H,10-11,13H2,1-3H3,(H,22,23)/t16-/m0/s1. The maximum absolute atomic E-state index is 12.2. The number of benzene rings is 2. The highest BCUT2D eigenvalue weighted by molar-refractivity contribution is 7.98. The van der Waals surface area contributed by atoms with Crippen molar-refractivity contribution in [1.29, 1.82) is 0 Å². The fourth-order valence-corrected chi connectivity index (χ4v) is 3.32. The molecule has 0 aliphatic carbocycles. The zero-order chi connectivity index (χ0) is 18.2. The maximum atomic E-state index is 12.2. The minimum absolute atomic E-state index is 0.0933. The first-order valence-electron chi connectivity index (χ1n) is 8.30. The Bertz CT molecular complexity index is 721. The number of rotatable bonds is 8. The normalized spacial score (nSPS) is 11.8. The third-order valence-electron chi connectivity index (χ3n) is 3.93. The Kier molecular flexibility index (Phi) is 7.66. The smallest absolute Gasteiger partial charge is 0.260 e. The van der Waals surface area contributed by atoms with E-state index in [2.05, 4.69) is 11.4 Å². The number of carbonyl (C=O) groups excluding carboxylic acids is 1. The van der Waals surface area contributed by atoms with Gasteiger partial charge in [0, 0.05) is 23.1 Å². The summed E-state index contributed by atoms with van der Waals surface area (Å²) in [5.41, 5.74) is 3.41. The van der Waals surface area contributed by atoms with Gasteiger partial charge in [-0.2, -0.15) is 11.8 Å². The highest BCUT2D eigenvalue weighted by Gasteiger charge is 2.15.